The average molecular weight is 378 g/mol. The molecular formula is C18H20ClN3O4. The second-order valence-electron chi connectivity index (χ2n) is 5.87. The van der Waals surface area contributed by atoms with E-state index in [1.54, 1.807) is 7.11 Å². The standard InChI is InChI=1S/C18H20ClN3O4/c1-21(2)17(12-5-4-6-15(8-12)26-3)11-20-10-13-7-14(19)9-16(18(13)23)22(24)25/h4-10,17,23H,11H2,1-3H3/t17-/m1/s1. The van der Waals surface area contributed by atoms with E-state index in [4.69, 9.17) is 16.3 Å². The van der Waals surface area contributed by atoms with Crippen LogP contribution >= 0.6 is 11.6 Å². The number of nitro benzene ring substituents is 1. The normalized spacial score (nSPS) is 12.5. The van der Waals surface area contributed by atoms with Gasteiger partial charge < -0.3 is 14.7 Å². The van der Waals surface area contributed by atoms with Gasteiger partial charge in [-0.15, -0.1) is 0 Å². The Morgan fingerprint density at radius 3 is 2.73 bits per heavy atom. The minimum atomic E-state index is -0.683. The number of likely N-dealkylation sites (N-methyl/N-ethyl adjacent to an activating group) is 1. The van der Waals surface area contributed by atoms with Crippen LogP contribution in [0.25, 0.3) is 0 Å². The van der Waals surface area contributed by atoms with Crippen LogP contribution in [0.5, 0.6) is 11.5 Å². The molecule has 0 bridgehead atoms. The second-order valence-corrected chi connectivity index (χ2v) is 6.31. The Labute approximate surface area is 156 Å². The van der Waals surface area contributed by atoms with Crippen LogP contribution in [-0.2, 0) is 0 Å². The third-order valence-electron chi connectivity index (χ3n) is 3.89. The van der Waals surface area contributed by atoms with Crippen molar-refractivity contribution in [1.82, 2.24) is 4.90 Å². The van der Waals surface area contributed by atoms with Gasteiger partial charge in [0.05, 0.1) is 24.6 Å². The van der Waals surface area contributed by atoms with Gasteiger partial charge in [-0.05, 0) is 37.9 Å². The zero-order valence-corrected chi connectivity index (χ0v) is 15.5. The number of ether oxygens (including phenoxy) is 1. The van der Waals surface area contributed by atoms with E-state index in [9.17, 15) is 15.2 Å². The number of halogens is 1. The Hall–Kier alpha value is -2.64. The van der Waals surface area contributed by atoms with Crippen LogP contribution in [-0.4, -0.2) is 48.9 Å². The van der Waals surface area contributed by atoms with Gasteiger partial charge >= 0.3 is 5.69 Å². The predicted molar refractivity (Wildman–Crippen MR) is 102 cm³/mol. The van der Waals surface area contributed by atoms with Crippen molar-refractivity contribution in [1.29, 1.82) is 0 Å². The first kappa shape index (κ1) is 19.7. The molecule has 138 valence electrons. The third-order valence-corrected chi connectivity index (χ3v) is 4.11. The lowest BCUT2D eigenvalue weighted by atomic mass is 10.1. The van der Waals surface area contributed by atoms with E-state index in [0.29, 0.717) is 6.54 Å². The van der Waals surface area contributed by atoms with Crippen LogP contribution in [0.2, 0.25) is 5.02 Å². The van der Waals surface area contributed by atoms with E-state index in [1.165, 1.54) is 12.3 Å². The molecule has 0 aliphatic heterocycles. The monoisotopic (exact) mass is 377 g/mol. The molecule has 1 atom stereocenters. The Morgan fingerprint density at radius 2 is 2.12 bits per heavy atom. The molecule has 0 aliphatic rings. The highest BCUT2D eigenvalue weighted by Gasteiger charge is 2.18. The molecule has 0 aromatic heterocycles. The van der Waals surface area contributed by atoms with Gasteiger partial charge in [0.25, 0.3) is 0 Å². The SMILES string of the molecule is COc1cccc([C@@H](CN=Cc2cc(Cl)cc([N+](=O)[O-])c2O)N(C)C)c1. The van der Waals surface area contributed by atoms with E-state index < -0.39 is 16.4 Å². The Balaban J connectivity index is 2.25. The van der Waals surface area contributed by atoms with E-state index in [-0.39, 0.29) is 16.6 Å². The summed E-state index contributed by atoms with van der Waals surface area (Å²) < 4.78 is 5.25. The van der Waals surface area contributed by atoms with Crippen molar-refractivity contribution in [2.45, 2.75) is 6.04 Å². The van der Waals surface area contributed by atoms with Crippen LogP contribution in [0.1, 0.15) is 17.2 Å². The number of nitro groups is 1. The minimum absolute atomic E-state index is 0.0299. The summed E-state index contributed by atoms with van der Waals surface area (Å²) in [7, 11) is 5.47. The number of benzene rings is 2. The summed E-state index contributed by atoms with van der Waals surface area (Å²) >= 11 is 5.89. The molecule has 0 radical (unpaired) electrons. The van der Waals surface area contributed by atoms with Crippen LogP contribution in [0.3, 0.4) is 0 Å². The molecule has 0 fully saturated rings. The van der Waals surface area contributed by atoms with E-state index in [2.05, 4.69) is 4.99 Å². The highest BCUT2D eigenvalue weighted by atomic mass is 35.5. The van der Waals surface area contributed by atoms with Gasteiger partial charge in [0.15, 0.2) is 0 Å². The number of hydrogen-bond donors (Lipinski definition) is 1. The molecule has 0 spiro atoms. The van der Waals surface area contributed by atoms with Crippen molar-refractivity contribution in [2.24, 2.45) is 4.99 Å². The van der Waals surface area contributed by atoms with E-state index >= 15 is 0 Å². The Morgan fingerprint density at radius 1 is 1.38 bits per heavy atom. The van der Waals surface area contributed by atoms with E-state index in [0.717, 1.165) is 17.4 Å². The zero-order chi connectivity index (χ0) is 19.3. The molecule has 2 rings (SSSR count). The van der Waals surface area contributed by atoms with Crippen LogP contribution in [0.15, 0.2) is 41.4 Å². The molecule has 0 saturated carbocycles. The summed E-state index contributed by atoms with van der Waals surface area (Å²) in [5.74, 6) is 0.298. The minimum Gasteiger partial charge on any atom is -0.502 e. The number of phenolic OH excluding ortho intramolecular Hbond substituents is 1. The summed E-state index contributed by atoms with van der Waals surface area (Å²) in [5, 5.41) is 21.2. The Bertz CT molecular complexity index is 824. The molecule has 0 amide bonds. The van der Waals surface area contributed by atoms with Crippen molar-refractivity contribution in [2.75, 3.05) is 27.7 Å². The highest BCUT2D eigenvalue weighted by molar-refractivity contribution is 6.31. The quantitative estimate of drug-likeness (QED) is 0.451. The molecule has 0 heterocycles. The molecule has 8 heteroatoms. The lowest BCUT2D eigenvalue weighted by molar-refractivity contribution is -0.385. The molecule has 0 aliphatic carbocycles. The summed E-state index contributed by atoms with van der Waals surface area (Å²) in [6, 6.07) is 10.2. The second kappa shape index (κ2) is 8.64. The van der Waals surface area contributed by atoms with Crippen LogP contribution in [0, 0.1) is 10.1 Å². The van der Waals surface area contributed by atoms with Crippen LogP contribution < -0.4 is 4.74 Å². The molecule has 26 heavy (non-hydrogen) atoms. The number of aliphatic imine (C=N–C) groups is 1. The summed E-state index contributed by atoms with van der Waals surface area (Å²) in [4.78, 5) is 16.6. The van der Waals surface area contributed by atoms with Gasteiger partial charge in [-0.25, -0.2) is 0 Å². The first-order valence-electron chi connectivity index (χ1n) is 7.80. The fourth-order valence-electron chi connectivity index (χ4n) is 2.51. The first-order valence-corrected chi connectivity index (χ1v) is 8.18. The maximum atomic E-state index is 11.0. The zero-order valence-electron chi connectivity index (χ0n) is 14.7. The van der Waals surface area contributed by atoms with Gasteiger partial charge in [0, 0.05) is 22.9 Å². The number of rotatable bonds is 7. The maximum Gasteiger partial charge on any atom is 0.312 e. The van der Waals surface area contributed by atoms with Crippen LogP contribution in [0.4, 0.5) is 5.69 Å². The van der Waals surface area contributed by atoms with Gasteiger partial charge in [-0.2, -0.15) is 0 Å². The third kappa shape index (κ3) is 4.71. The number of phenols is 1. The lowest BCUT2D eigenvalue weighted by Crippen LogP contribution is -2.22. The number of nitrogens with zero attached hydrogens (tertiary/aromatic N) is 3. The number of aromatic hydroxyl groups is 1. The van der Waals surface area contributed by atoms with Gasteiger partial charge in [-0.3, -0.25) is 15.1 Å². The largest absolute Gasteiger partial charge is 0.502 e. The summed E-state index contributed by atoms with van der Waals surface area (Å²) in [5.41, 5.74) is 0.774. The molecule has 7 nitrogen and oxygen atoms in total. The summed E-state index contributed by atoms with van der Waals surface area (Å²) in [6.07, 6.45) is 1.39. The van der Waals surface area contributed by atoms with E-state index in [1.807, 2.05) is 43.3 Å². The molecule has 0 unspecified atom stereocenters. The van der Waals surface area contributed by atoms with Crippen molar-refractivity contribution in [3.05, 3.63) is 62.7 Å². The predicted octanol–water partition coefficient (Wildman–Crippen LogP) is 3.68. The van der Waals surface area contributed by atoms with Gasteiger partial charge in [0.2, 0.25) is 5.75 Å². The average Bonchev–Trinajstić information content (AvgIpc) is 2.60. The first-order chi connectivity index (χ1) is 12.3. The highest BCUT2D eigenvalue weighted by Crippen LogP contribution is 2.32. The fraction of sp³-hybridized carbons (Fsp3) is 0.278. The maximum absolute atomic E-state index is 11.0. The molecular weight excluding hydrogens is 358 g/mol. The van der Waals surface area contributed by atoms with Crippen molar-refractivity contribution < 1.29 is 14.8 Å². The van der Waals surface area contributed by atoms with Gasteiger partial charge in [0.1, 0.15) is 5.75 Å². The van der Waals surface area contributed by atoms with Crippen molar-refractivity contribution in [3.63, 3.8) is 0 Å². The van der Waals surface area contributed by atoms with Gasteiger partial charge in [-0.1, -0.05) is 23.7 Å². The summed E-state index contributed by atoms with van der Waals surface area (Å²) in [6.45, 7) is 0.389. The lowest BCUT2D eigenvalue weighted by Gasteiger charge is -2.23. The smallest absolute Gasteiger partial charge is 0.312 e. The molecule has 2 aromatic carbocycles. The van der Waals surface area contributed by atoms with Crippen molar-refractivity contribution >= 4 is 23.5 Å². The topological polar surface area (TPSA) is 88.2 Å². The van der Waals surface area contributed by atoms with Crippen molar-refractivity contribution in [3.8, 4) is 11.5 Å². The molecule has 0 saturated heterocycles. The number of hydrogen-bond acceptors (Lipinski definition) is 6. The molecule has 1 N–H and O–H groups in total. The number of methoxy groups -OCH3 is 1. The Kier molecular flexibility index (Phi) is 6.54. The molecule has 2 aromatic rings. The fourth-order valence-corrected chi connectivity index (χ4v) is 2.73.